The Morgan fingerprint density at radius 2 is 1.51 bits per heavy atom. The number of rotatable bonds is 8. The Labute approximate surface area is 210 Å². The molecule has 35 heavy (non-hydrogen) atoms. The lowest BCUT2D eigenvalue weighted by molar-refractivity contribution is -0.131. The summed E-state index contributed by atoms with van der Waals surface area (Å²) in [6.45, 7) is 1.62. The fourth-order valence-electron chi connectivity index (χ4n) is 4.09. The smallest absolute Gasteiger partial charge is 0.243 e. The summed E-state index contributed by atoms with van der Waals surface area (Å²) in [7, 11) is -3.91. The van der Waals surface area contributed by atoms with Gasteiger partial charge in [0.2, 0.25) is 15.9 Å². The van der Waals surface area contributed by atoms with Crippen LogP contribution in [0.15, 0.2) is 83.8 Å². The second kappa shape index (κ2) is 11.2. The highest BCUT2D eigenvalue weighted by Gasteiger charge is 2.30. The van der Waals surface area contributed by atoms with Gasteiger partial charge in [-0.2, -0.15) is 4.31 Å². The molecule has 1 amide bonds. The molecule has 0 N–H and O–H groups in total. The van der Waals surface area contributed by atoms with Crippen LogP contribution in [0.5, 0.6) is 0 Å². The zero-order valence-corrected chi connectivity index (χ0v) is 20.8. The summed E-state index contributed by atoms with van der Waals surface area (Å²) in [5.74, 6) is -0.572. The van der Waals surface area contributed by atoms with Crippen molar-refractivity contribution in [2.24, 2.45) is 0 Å². The summed E-state index contributed by atoms with van der Waals surface area (Å²) >= 11 is 5.94. The molecule has 0 atom stereocenters. The maximum atomic E-state index is 14.1. The highest BCUT2D eigenvalue weighted by molar-refractivity contribution is 7.89. The minimum absolute atomic E-state index is 0.0899. The number of hydrogen-bond acceptors (Lipinski definition) is 4. The van der Waals surface area contributed by atoms with Gasteiger partial charge in [0.1, 0.15) is 5.82 Å². The number of carbonyl (C=O) groups is 1. The SMILES string of the molecule is O=C(CN(CCc1ccccc1)S(=O)(=O)c1ccc(Cl)cc1)N1CCN(c2ccccc2F)CC1. The van der Waals surface area contributed by atoms with Crippen molar-refractivity contribution in [1.82, 2.24) is 9.21 Å². The monoisotopic (exact) mass is 515 g/mol. The first-order chi connectivity index (χ1) is 16.8. The van der Waals surface area contributed by atoms with Crippen LogP contribution in [0.25, 0.3) is 0 Å². The van der Waals surface area contributed by atoms with Gasteiger partial charge in [0.05, 0.1) is 17.1 Å². The molecule has 1 aliphatic heterocycles. The van der Waals surface area contributed by atoms with Crippen LogP contribution in [-0.2, 0) is 21.2 Å². The average molecular weight is 516 g/mol. The minimum Gasteiger partial charge on any atom is -0.366 e. The molecule has 0 aromatic heterocycles. The van der Waals surface area contributed by atoms with Crippen molar-refractivity contribution in [2.75, 3.05) is 44.2 Å². The van der Waals surface area contributed by atoms with E-state index in [-0.39, 0.29) is 29.7 Å². The number of carbonyl (C=O) groups excluding carboxylic acids is 1. The van der Waals surface area contributed by atoms with Gasteiger partial charge in [0.25, 0.3) is 0 Å². The van der Waals surface area contributed by atoms with E-state index in [1.807, 2.05) is 35.2 Å². The molecule has 4 rings (SSSR count). The van der Waals surface area contributed by atoms with Crippen molar-refractivity contribution in [2.45, 2.75) is 11.3 Å². The summed E-state index contributed by atoms with van der Waals surface area (Å²) in [5.41, 5.74) is 1.49. The topological polar surface area (TPSA) is 60.9 Å². The maximum absolute atomic E-state index is 14.1. The van der Waals surface area contributed by atoms with Crippen molar-refractivity contribution in [3.05, 3.63) is 95.3 Å². The van der Waals surface area contributed by atoms with E-state index in [0.29, 0.717) is 43.3 Å². The largest absolute Gasteiger partial charge is 0.366 e. The van der Waals surface area contributed by atoms with E-state index >= 15 is 0 Å². The summed E-state index contributed by atoms with van der Waals surface area (Å²) in [6.07, 6.45) is 0.474. The molecule has 1 fully saturated rings. The van der Waals surface area contributed by atoms with Crippen LogP contribution in [-0.4, -0.2) is 62.8 Å². The second-order valence-corrected chi connectivity index (χ2v) is 10.7. The van der Waals surface area contributed by atoms with E-state index < -0.39 is 10.0 Å². The second-order valence-electron chi connectivity index (χ2n) is 8.35. The molecule has 0 spiro atoms. The Morgan fingerprint density at radius 3 is 2.17 bits per heavy atom. The molecule has 1 aliphatic rings. The van der Waals surface area contributed by atoms with Crippen molar-refractivity contribution in [3.63, 3.8) is 0 Å². The zero-order valence-electron chi connectivity index (χ0n) is 19.2. The molecule has 1 saturated heterocycles. The predicted molar refractivity (Wildman–Crippen MR) is 136 cm³/mol. The van der Waals surface area contributed by atoms with Crippen LogP contribution in [0.2, 0.25) is 5.02 Å². The Bertz CT molecular complexity index is 1250. The van der Waals surface area contributed by atoms with Gasteiger partial charge < -0.3 is 9.80 Å². The summed E-state index contributed by atoms with van der Waals surface area (Å²) in [5, 5.41) is 0.434. The van der Waals surface area contributed by atoms with Crippen LogP contribution in [0.1, 0.15) is 5.56 Å². The Balaban J connectivity index is 1.46. The zero-order chi connectivity index (χ0) is 24.8. The molecule has 0 unspecified atom stereocenters. The fourth-order valence-corrected chi connectivity index (χ4v) is 5.61. The van der Waals surface area contributed by atoms with Crippen molar-refractivity contribution in [3.8, 4) is 0 Å². The number of amides is 1. The minimum atomic E-state index is -3.91. The third-order valence-electron chi connectivity index (χ3n) is 6.08. The first kappa shape index (κ1) is 25.2. The standard InChI is InChI=1S/C26H27ClFN3O3S/c27-22-10-12-23(13-11-22)35(33,34)31(15-14-21-6-2-1-3-7-21)20-26(32)30-18-16-29(17-19-30)25-9-5-4-8-24(25)28/h1-13H,14-20H2. The summed E-state index contributed by atoms with van der Waals surface area (Å²) < 4.78 is 42.2. The number of benzene rings is 3. The third-order valence-corrected chi connectivity index (χ3v) is 8.19. The molecule has 3 aromatic carbocycles. The van der Waals surface area contributed by atoms with Gasteiger partial charge in [-0.25, -0.2) is 12.8 Å². The summed E-state index contributed by atoms with van der Waals surface area (Å²) in [6, 6.07) is 22.0. The molecular weight excluding hydrogens is 489 g/mol. The molecule has 184 valence electrons. The van der Waals surface area contributed by atoms with Crippen LogP contribution in [0, 0.1) is 5.82 Å². The van der Waals surface area contributed by atoms with E-state index in [0.717, 1.165) is 5.56 Å². The first-order valence-corrected chi connectivity index (χ1v) is 13.2. The molecule has 0 bridgehead atoms. The highest BCUT2D eigenvalue weighted by Crippen LogP contribution is 2.22. The van der Waals surface area contributed by atoms with E-state index in [1.165, 1.54) is 34.6 Å². The molecule has 0 aliphatic carbocycles. The van der Waals surface area contributed by atoms with Gasteiger partial charge in [0, 0.05) is 37.7 Å². The van der Waals surface area contributed by atoms with Crippen molar-refractivity contribution < 1.29 is 17.6 Å². The van der Waals surface area contributed by atoms with E-state index in [1.54, 1.807) is 23.1 Å². The average Bonchev–Trinajstić information content (AvgIpc) is 2.87. The van der Waals surface area contributed by atoms with Crippen molar-refractivity contribution >= 4 is 33.2 Å². The quantitative estimate of drug-likeness (QED) is 0.454. The van der Waals surface area contributed by atoms with Crippen LogP contribution >= 0.6 is 11.6 Å². The van der Waals surface area contributed by atoms with E-state index in [9.17, 15) is 17.6 Å². The number of anilines is 1. The lowest BCUT2D eigenvalue weighted by Gasteiger charge is -2.37. The molecule has 0 saturated carbocycles. The van der Waals surface area contributed by atoms with Gasteiger partial charge in [-0.3, -0.25) is 4.79 Å². The van der Waals surface area contributed by atoms with Crippen LogP contribution < -0.4 is 4.90 Å². The molecule has 3 aromatic rings. The number of sulfonamides is 1. The van der Waals surface area contributed by atoms with Gasteiger partial charge >= 0.3 is 0 Å². The van der Waals surface area contributed by atoms with Crippen LogP contribution in [0.3, 0.4) is 0 Å². The normalized spacial score (nSPS) is 14.4. The van der Waals surface area contributed by atoms with E-state index in [4.69, 9.17) is 11.6 Å². The number of halogens is 2. The van der Waals surface area contributed by atoms with Gasteiger partial charge in [0.15, 0.2) is 0 Å². The Morgan fingerprint density at radius 1 is 0.886 bits per heavy atom. The predicted octanol–water partition coefficient (Wildman–Crippen LogP) is 4.06. The number of nitrogens with zero attached hydrogens (tertiary/aromatic N) is 3. The molecular formula is C26H27ClFN3O3S. The highest BCUT2D eigenvalue weighted by atomic mass is 35.5. The lowest BCUT2D eigenvalue weighted by atomic mass is 10.1. The number of piperazine rings is 1. The molecule has 6 nitrogen and oxygen atoms in total. The lowest BCUT2D eigenvalue weighted by Crippen LogP contribution is -2.52. The fraction of sp³-hybridized carbons (Fsp3) is 0.269. The maximum Gasteiger partial charge on any atom is 0.243 e. The third kappa shape index (κ3) is 6.20. The van der Waals surface area contributed by atoms with Crippen molar-refractivity contribution in [1.29, 1.82) is 0 Å². The Kier molecular flexibility index (Phi) is 8.05. The molecule has 1 heterocycles. The number of hydrogen-bond donors (Lipinski definition) is 0. The molecule has 9 heteroatoms. The molecule has 0 radical (unpaired) electrons. The van der Waals surface area contributed by atoms with Gasteiger partial charge in [-0.05, 0) is 48.4 Å². The summed E-state index contributed by atoms with van der Waals surface area (Å²) in [4.78, 5) is 16.8. The Hall–Kier alpha value is -2.94. The number of para-hydroxylation sites is 1. The van der Waals surface area contributed by atoms with E-state index in [2.05, 4.69) is 0 Å². The van der Waals surface area contributed by atoms with Crippen LogP contribution in [0.4, 0.5) is 10.1 Å². The first-order valence-electron chi connectivity index (χ1n) is 11.4. The van der Waals surface area contributed by atoms with Gasteiger partial charge in [-0.15, -0.1) is 0 Å². The van der Waals surface area contributed by atoms with Gasteiger partial charge in [-0.1, -0.05) is 54.1 Å².